The molecule has 108 valence electrons. The van der Waals surface area contributed by atoms with Crippen LogP contribution in [0.15, 0.2) is 18.6 Å². The van der Waals surface area contributed by atoms with Crippen LogP contribution in [0.3, 0.4) is 0 Å². The Kier molecular flexibility index (Phi) is 3.98. The van der Waals surface area contributed by atoms with Gasteiger partial charge in [-0.05, 0) is 25.5 Å². The third kappa shape index (κ3) is 2.69. The van der Waals surface area contributed by atoms with Gasteiger partial charge >= 0.3 is 0 Å². The Balaban J connectivity index is 1.84. The van der Waals surface area contributed by atoms with Crippen LogP contribution >= 0.6 is 11.8 Å². The average Bonchev–Trinajstić information content (AvgIpc) is 2.96. The van der Waals surface area contributed by atoms with E-state index in [-0.39, 0.29) is 0 Å². The number of imidazole rings is 1. The van der Waals surface area contributed by atoms with E-state index in [1.807, 2.05) is 28.6 Å². The molecule has 7 heteroatoms. The number of hydrogen-bond donors (Lipinski definition) is 3. The lowest BCUT2D eigenvalue weighted by Gasteiger charge is -2.29. The van der Waals surface area contributed by atoms with E-state index in [0.717, 1.165) is 16.7 Å². The molecule has 1 aliphatic rings. The monoisotopic (exact) mass is 292 g/mol. The first-order chi connectivity index (χ1) is 9.80. The number of fused-ring (bicyclic) bond motifs is 1. The van der Waals surface area contributed by atoms with Gasteiger partial charge in [-0.25, -0.2) is 15.8 Å². The number of hydrazine groups is 1. The summed E-state index contributed by atoms with van der Waals surface area (Å²) in [5.74, 6) is 6.92. The maximum atomic E-state index is 5.48. The molecule has 0 spiro atoms. The number of anilines is 2. The van der Waals surface area contributed by atoms with Crippen molar-refractivity contribution in [1.82, 2.24) is 14.4 Å². The standard InChI is InChI=1S/C13H20N6S/c1-20-10-4-2-3-9(7-10)16-12-13-15-5-6-19(13)8-11(17-12)18-14/h5-6,8-10,18H,2-4,7,14H2,1H3,(H,16,17). The molecule has 1 aliphatic carbocycles. The summed E-state index contributed by atoms with van der Waals surface area (Å²) in [7, 11) is 0. The lowest BCUT2D eigenvalue weighted by Crippen LogP contribution is -2.29. The van der Waals surface area contributed by atoms with E-state index < -0.39 is 0 Å². The summed E-state index contributed by atoms with van der Waals surface area (Å²) in [5, 5.41) is 4.29. The molecule has 20 heavy (non-hydrogen) atoms. The molecule has 6 nitrogen and oxygen atoms in total. The number of rotatable bonds is 4. The summed E-state index contributed by atoms with van der Waals surface area (Å²) in [6.07, 6.45) is 12.6. The van der Waals surface area contributed by atoms with E-state index in [4.69, 9.17) is 5.84 Å². The summed E-state index contributed by atoms with van der Waals surface area (Å²) in [6, 6.07) is 0.460. The van der Waals surface area contributed by atoms with Crippen LogP contribution in [0.4, 0.5) is 11.6 Å². The second-order valence-electron chi connectivity index (χ2n) is 5.14. The first-order valence-electron chi connectivity index (χ1n) is 6.90. The summed E-state index contributed by atoms with van der Waals surface area (Å²) < 4.78 is 1.93. The van der Waals surface area contributed by atoms with Crippen molar-refractivity contribution < 1.29 is 0 Å². The summed E-state index contributed by atoms with van der Waals surface area (Å²) in [6.45, 7) is 0. The Bertz CT molecular complexity index is 583. The van der Waals surface area contributed by atoms with Crippen molar-refractivity contribution in [2.45, 2.75) is 37.0 Å². The largest absolute Gasteiger partial charge is 0.364 e. The van der Waals surface area contributed by atoms with Gasteiger partial charge in [0.2, 0.25) is 0 Å². The Morgan fingerprint density at radius 3 is 3.15 bits per heavy atom. The van der Waals surface area contributed by atoms with Gasteiger partial charge in [0.15, 0.2) is 17.3 Å². The van der Waals surface area contributed by atoms with Gasteiger partial charge in [0.1, 0.15) is 0 Å². The molecule has 3 rings (SSSR count). The molecular weight excluding hydrogens is 272 g/mol. The zero-order valence-electron chi connectivity index (χ0n) is 11.5. The maximum absolute atomic E-state index is 5.48. The second kappa shape index (κ2) is 5.88. The fraction of sp³-hybridized carbons (Fsp3) is 0.538. The fourth-order valence-corrected chi connectivity index (χ4v) is 3.61. The number of hydrogen-bond acceptors (Lipinski definition) is 6. The predicted octanol–water partition coefficient (Wildman–Crippen LogP) is 2.10. The molecule has 0 radical (unpaired) electrons. The number of nitrogens with one attached hydrogen (secondary N) is 2. The van der Waals surface area contributed by atoms with E-state index in [9.17, 15) is 0 Å². The van der Waals surface area contributed by atoms with E-state index in [1.165, 1.54) is 25.7 Å². The highest BCUT2D eigenvalue weighted by Gasteiger charge is 2.22. The number of aromatic nitrogens is 3. The molecule has 0 aromatic carbocycles. The van der Waals surface area contributed by atoms with Crippen LogP contribution in [0.25, 0.3) is 5.65 Å². The summed E-state index contributed by atoms with van der Waals surface area (Å²) >= 11 is 1.96. The molecule has 2 heterocycles. The van der Waals surface area contributed by atoms with Crippen LogP contribution in [0.2, 0.25) is 0 Å². The van der Waals surface area contributed by atoms with Gasteiger partial charge in [0.05, 0.1) is 6.20 Å². The van der Waals surface area contributed by atoms with Crippen LogP contribution in [0.1, 0.15) is 25.7 Å². The SMILES string of the molecule is CSC1CCCC(Nc2nc(NN)cn3ccnc23)C1. The van der Waals surface area contributed by atoms with Crippen LogP contribution in [0, 0.1) is 0 Å². The van der Waals surface area contributed by atoms with Gasteiger partial charge in [-0.2, -0.15) is 11.8 Å². The van der Waals surface area contributed by atoms with Gasteiger partial charge in [-0.1, -0.05) is 6.42 Å². The second-order valence-corrected chi connectivity index (χ2v) is 6.28. The minimum atomic E-state index is 0.460. The van der Waals surface area contributed by atoms with E-state index in [1.54, 1.807) is 6.20 Å². The third-order valence-corrected chi connectivity index (χ3v) is 4.92. The van der Waals surface area contributed by atoms with E-state index >= 15 is 0 Å². The number of nitrogen functional groups attached to an aromatic ring is 1. The molecule has 4 N–H and O–H groups in total. The van der Waals surface area contributed by atoms with Gasteiger partial charge in [0, 0.05) is 23.7 Å². The first kappa shape index (κ1) is 13.5. The predicted molar refractivity (Wildman–Crippen MR) is 84.0 cm³/mol. The molecule has 2 unspecified atom stereocenters. The number of thioether (sulfide) groups is 1. The molecule has 0 amide bonds. The molecule has 2 aromatic rings. The van der Waals surface area contributed by atoms with Crippen LogP contribution in [-0.4, -0.2) is 31.9 Å². The van der Waals surface area contributed by atoms with Gasteiger partial charge in [-0.3, -0.25) is 0 Å². The molecule has 1 saturated carbocycles. The van der Waals surface area contributed by atoms with Gasteiger partial charge in [0.25, 0.3) is 0 Å². The van der Waals surface area contributed by atoms with E-state index in [2.05, 4.69) is 27.0 Å². The Morgan fingerprint density at radius 2 is 2.35 bits per heavy atom. The Labute approximate surface area is 122 Å². The molecule has 2 aromatic heterocycles. The zero-order valence-corrected chi connectivity index (χ0v) is 12.4. The zero-order chi connectivity index (χ0) is 13.9. The minimum Gasteiger partial charge on any atom is -0.364 e. The van der Waals surface area contributed by atoms with Crippen molar-refractivity contribution in [2.75, 3.05) is 17.0 Å². The molecule has 2 atom stereocenters. The van der Waals surface area contributed by atoms with Gasteiger partial charge in [-0.15, -0.1) is 0 Å². The topological polar surface area (TPSA) is 80.3 Å². The molecule has 1 fully saturated rings. The minimum absolute atomic E-state index is 0.460. The van der Waals surface area contributed by atoms with Crippen LogP contribution in [-0.2, 0) is 0 Å². The summed E-state index contributed by atoms with van der Waals surface area (Å²) in [4.78, 5) is 8.86. The highest BCUT2D eigenvalue weighted by Crippen LogP contribution is 2.29. The van der Waals surface area contributed by atoms with Crippen molar-refractivity contribution in [3.63, 3.8) is 0 Å². The molecule has 0 bridgehead atoms. The van der Waals surface area contributed by atoms with Crippen molar-refractivity contribution >= 4 is 29.0 Å². The number of nitrogens with zero attached hydrogens (tertiary/aromatic N) is 3. The quantitative estimate of drug-likeness (QED) is 0.591. The lowest BCUT2D eigenvalue weighted by molar-refractivity contribution is 0.473. The fourth-order valence-electron chi connectivity index (χ4n) is 2.78. The smallest absolute Gasteiger partial charge is 0.180 e. The number of nitrogens with two attached hydrogens (primary N) is 1. The van der Waals surface area contributed by atoms with Crippen molar-refractivity contribution in [3.05, 3.63) is 18.6 Å². The highest BCUT2D eigenvalue weighted by atomic mass is 32.2. The molecule has 0 aliphatic heterocycles. The highest BCUT2D eigenvalue weighted by molar-refractivity contribution is 7.99. The Hall–Kier alpha value is -1.47. The lowest BCUT2D eigenvalue weighted by atomic mass is 9.95. The first-order valence-corrected chi connectivity index (χ1v) is 8.18. The summed E-state index contributed by atoms with van der Waals surface area (Å²) in [5.41, 5.74) is 3.45. The van der Waals surface area contributed by atoms with Crippen molar-refractivity contribution in [2.24, 2.45) is 5.84 Å². The average molecular weight is 292 g/mol. The van der Waals surface area contributed by atoms with Crippen LogP contribution < -0.4 is 16.6 Å². The third-order valence-electron chi connectivity index (χ3n) is 3.82. The molecular formula is C13H20N6S. The van der Waals surface area contributed by atoms with Gasteiger partial charge < -0.3 is 15.1 Å². The maximum Gasteiger partial charge on any atom is 0.180 e. The Morgan fingerprint density at radius 1 is 1.45 bits per heavy atom. The van der Waals surface area contributed by atoms with Crippen molar-refractivity contribution in [1.29, 1.82) is 0 Å². The van der Waals surface area contributed by atoms with E-state index in [0.29, 0.717) is 11.9 Å². The normalized spacial score (nSPS) is 22.9. The van der Waals surface area contributed by atoms with Crippen molar-refractivity contribution in [3.8, 4) is 0 Å². The molecule has 0 saturated heterocycles. The van der Waals surface area contributed by atoms with Crippen LogP contribution in [0.5, 0.6) is 0 Å².